The lowest BCUT2D eigenvalue weighted by Crippen LogP contribution is -2.36. The van der Waals surface area contributed by atoms with E-state index in [4.69, 9.17) is 21.7 Å². The van der Waals surface area contributed by atoms with Crippen LogP contribution in [0.25, 0.3) is 0 Å². The van der Waals surface area contributed by atoms with Crippen molar-refractivity contribution in [3.05, 3.63) is 74.9 Å². The van der Waals surface area contributed by atoms with Crippen molar-refractivity contribution in [2.75, 3.05) is 34.1 Å². The lowest BCUT2D eigenvalue weighted by Gasteiger charge is -2.24. The molecule has 0 radical (unpaired) electrons. The zero-order valence-electron chi connectivity index (χ0n) is 18.9. The van der Waals surface area contributed by atoms with Crippen molar-refractivity contribution in [3.8, 4) is 0 Å². The molecule has 0 aliphatic carbocycles. The largest absolute Gasteiger partial charge is 0.463 e. The minimum Gasteiger partial charge on any atom is -0.463 e. The number of nitrogens with zero attached hydrogens (tertiary/aromatic N) is 2. The maximum Gasteiger partial charge on any atom is 0.289 e. The first-order valence-corrected chi connectivity index (χ1v) is 13.4. The molecule has 36 heavy (non-hydrogen) atoms. The molecule has 2 heterocycles. The lowest BCUT2D eigenvalue weighted by molar-refractivity contribution is 0.0994. The number of hydrogen-bond donors (Lipinski definition) is 3. The number of hydrogen-bond acceptors (Lipinski definition) is 7. The number of benzene rings is 2. The van der Waals surface area contributed by atoms with Gasteiger partial charge < -0.3 is 10.1 Å². The molecule has 2 aromatic carbocycles. The van der Waals surface area contributed by atoms with Gasteiger partial charge in [0.1, 0.15) is 6.61 Å². The van der Waals surface area contributed by atoms with Gasteiger partial charge in [0, 0.05) is 11.4 Å². The Labute approximate surface area is 216 Å². The summed E-state index contributed by atoms with van der Waals surface area (Å²) in [5, 5.41) is 10.5. The van der Waals surface area contributed by atoms with Gasteiger partial charge in [0.2, 0.25) is 0 Å². The number of ether oxygens (including phenoxy) is 1. The van der Waals surface area contributed by atoms with Gasteiger partial charge in [-0.25, -0.2) is 0 Å². The summed E-state index contributed by atoms with van der Waals surface area (Å²) in [6.45, 7) is 2.69. The third-order valence-corrected chi connectivity index (χ3v) is 7.05. The van der Waals surface area contributed by atoms with E-state index >= 15 is 0 Å². The molecule has 3 N–H and O–H groups in total. The van der Waals surface area contributed by atoms with Gasteiger partial charge in [-0.3, -0.25) is 29.4 Å². The molecule has 0 spiro atoms. The first-order chi connectivity index (χ1) is 17.0. The van der Waals surface area contributed by atoms with E-state index in [1.165, 1.54) is 24.3 Å². The number of carbonyl (C=O) groups excluding carboxylic acids is 2. The van der Waals surface area contributed by atoms with Gasteiger partial charge in [0.05, 0.1) is 27.0 Å². The maximum absolute atomic E-state index is 13.2. The van der Waals surface area contributed by atoms with E-state index in [1.807, 2.05) is 0 Å². The summed E-state index contributed by atoms with van der Waals surface area (Å²) in [4.78, 5) is 29.1. The van der Waals surface area contributed by atoms with E-state index < -0.39 is 27.8 Å². The predicted molar refractivity (Wildman–Crippen MR) is 139 cm³/mol. The third-order valence-electron chi connectivity index (χ3n) is 5.25. The van der Waals surface area contributed by atoms with Crippen molar-refractivity contribution in [1.29, 1.82) is 5.41 Å². The zero-order chi connectivity index (χ0) is 26.0. The SMILES string of the molecule is Cc1ccc(C(=O)Nc2ccc(N3CCOC3=N)cc2)c(N(CS(=O)(=O)O)C(=O)c2ccc(Cl)s2)c1. The van der Waals surface area contributed by atoms with E-state index in [2.05, 4.69) is 5.32 Å². The van der Waals surface area contributed by atoms with Crippen LogP contribution in [0.5, 0.6) is 0 Å². The van der Waals surface area contributed by atoms with E-state index in [1.54, 1.807) is 42.2 Å². The maximum atomic E-state index is 13.2. The normalized spacial score (nSPS) is 13.4. The Kier molecular flexibility index (Phi) is 7.31. The van der Waals surface area contributed by atoms with Crippen molar-refractivity contribution in [2.24, 2.45) is 0 Å². The minimum atomic E-state index is -4.64. The molecular weight excluding hydrogens is 528 g/mol. The first kappa shape index (κ1) is 25.6. The lowest BCUT2D eigenvalue weighted by atomic mass is 10.1. The smallest absolute Gasteiger partial charge is 0.289 e. The van der Waals surface area contributed by atoms with Crippen LogP contribution in [0.3, 0.4) is 0 Å². The predicted octanol–water partition coefficient (Wildman–Crippen LogP) is 4.23. The number of amidine groups is 1. The molecule has 1 aliphatic rings. The van der Waals surface area contributed by atoms with E-state index in [0.717, 1.165) is 21.9 Å². The van der Waals surface area contributed by atoms with Crippen LogP contribution in [0.1, 0.15) is 25.6 Å². The molecule has 0 saturated carbocycles. The highest BCUT2D eigenvalue weighted by Gasteiger charge is 2.28. The molecule has 0 unspecified atom stereocenters. The number of nitrogens with one attached hydrogen (secondary N) is 2. The van der Waals surface area contributed by atoms with Gasteiger partial charge in [-0.1, -0.05) is 17.7 Å². The summed E-state index contributed by atoms with van der Waals surface area (Å²) in [5.74, 6) is -2.37. The molecule has 1 aliphatic heterocycles. The molecule has 3 aromatic rings. The van der Waals surface area contributed by atoms with Crippen LogP contribution in [0.15, 0.2) is 54.6 Å². The second-order valence-corrected chi connectivity index (χ2v) is 11.0. The Bertz CT molecular complexity index is 1440. The highest BCUT2D eigenvalue weighted by molar-refractivity contribution is 7.85. The van der Waals surface area contributed by atoms with Crippen molar-refractivity contribution in [2.45, 2.75) is 6.92 Å². The highest BCUT2D eigenvalue weighted by Crippen LogP contribution is 2.29. The van der Waals surface area contributed by atoms with E-state index in [-0.39, 0.29) is 22.1 Å². The number of anilines is 3. The number of aryl methyl sites for hydroxylation is 1. The molecule has 1 saturated heterocycles. The summed E-state index contributed by atoms with van der Waals surface area (Å²) in [7, 11) is -4.64. The first-order valence-electron chi connectivity index (χ1n) is 10.5. The van der Waals surface area contributed by atoms with Crippen LogP contribution in [-0.2, 0) is 14.9 Å². The number of rotatable bonds is 7. The summed E-state index contributed by atoms with van der Waals surface area (Å²) in [6, 6.07) is 14.4. The fourth-order valence-corrected chi connectivity index (χ4v) is 5.18. The molecule has 0 bridgehead atoms. The van der Waals surface area contributed by atoms with Gasteiger partial charge in [-0.2, -0.15) is 8.42 Å². The molecule has 13 heteroatoms. The fourth-order valence-electron chi connectivity index (χ4n) is 3.60. The summed E-state index contributed by atoms with van der Waals surface area (Å²) in [5.41, 5.74) is 1.88. The Balaban J connectivity index is 1.65. The van der Waals surface area contributed by atoms with Gasteiger partial charge >= 0.3 is 0 Å². The number of thiophene rings is 1. The molecule has 1 aromatic heterocycles. The summed E-state index contributed by atoms with van der Waals surface area (Å²) in [6.07, 6.45) is 0. The van der Waals surface area contributed by atoms with Crippen LogP contribution in [-0.4, -0.2) is 49.8 Å². The molecule has 188 valence electrons. The summed E-state index contributed by atoms with van der Waals surface area (Å²) >= 11 is 6.89. The number of halogens is 1. The van der Waals surface area contributed by atoms with Gasteiger partial charge in [0.25, 0.3) is 28.0 Å². The van der Waals surface area contributed by atoms with Crippen LogP contribution in [0, 0.1) is 12.3 Å². The average Bonchev–Trinajstić information content (AvgIpc) is 3.45. The summed E-state index contributed by atoms with van der Waals surface area (Å²) < 4.78 is 38.6. The minimum absolute atomic E-state index is 0.0129. The Morgan fingerprint density at radius 2 is 1.92 bits per heavy atom. The van der Waals surface area contributed by atoms with Crippen LogP contribution < -0.4 is 15.1 Å². The number of amides is 2. The molecule has 2 amide bonds. The van der Waals surface area contributed by atoms with Crippen molar-refractivity contribution >= 4 is 68.0 Å². The highest BCUT2D eigenvalue weighted by atomic mass is 35.5. The van der Waals surface area contributed by atoms with Gasteiger partial charge in [-0.05, 0) is 61.0 Å². The molecule has 10 nitrogen and oxygen atoms in total. The van der Waals surface area contributed by atoms with Crippen molar-refractivity contribution < 1.29 is 27.3 Å². The molecular formula is C23H21ClN4O6S2. The Morgan fingerprint density at radius 1 is 1.19 bits per heavy atom. The topological polar surface area (TPSA) is 140 Å². The van der Waals surface area contributed by atoms with Crippen molar-refractivity contribution in [3.63, 3.8) is 0 Å². The van der Waals surface area contributed by atoms with E-state index in [9.17, 15) is 22.6 Å². The van der Waals surface area contributed by atoms with Crippen LogP contribution in [0.2, 0.25) is 4.34 Å². The standard InChI is InChI=1S/C23H21ClN4O6S2/c1-14-2-7-17(21(29)26-15-3-5-16(6-4-15)27-10-11-34-23(27)25)18(12-14)28(13-36(31,32)33)22(30)19-8-9-20(24)35-19/h2-9,12,25H,10-11,13H2,1H3,(H,26,29)(H,31,32,33). The van der Waals surface area contributed by atoms with Gasteiger partial charge in [0.15, 0.2) is 5.88 Å². The van der Waals surface area contributed by atoms with Crippen LogP contribution in [0.4, 0.5) is 17.1 Å². The Hall–Kier alpha value is -3.45. The zero-order valence-corrected chi connectivity index (χ0v) is 21.3. The Morgan fingerprint density at radius 3 is 2.50 bits per heavy atom. The second kappa shape index (κ2) is 10.3. The third kappa shape index (κ3) is 5.85. The van der Waals surface area contributed by atoms with Crippen molar-refractivity contribution in [1.82, 2.24) is 0 Å². The number of carbonyl (C=O) groups is 2. The fraction of sp³-hybridized carbons (Fsp3) is 0.174. The monoisotopic (exact) mass is 548 g/mol. The average molecular weight is 549 g/mol. The molecule has 0 atom stereocenters. The molecule has 1 fully saturated rings. The second-order valence-electron chi connectivity index (χ2n) is 7.87. The van der Waals surface area contributed by atoms with Gasteiger partial charge in [-0.15, -0.1) is 11.3 Å². The quantitative estimate of drug-likeness (QED) is 0.375. The molecule has 4 rings (SSSR count). The van der Waals surface area contributed by atoms with Crippen LogP contribution >= 0.6 is 22.9 Å². The van der Waals surface area contributed by atoms with E-state index in [0.29, 0.717) is 28.7 Å².